The van der Waals surface area contributed by atoms with Gasteiger partial charge in [0.25, 0.3) is 0 Å². The van der Waals surface area contributed by atoms with Crippen LogP contribution in [0, 0.1) is 12.8 Å². The van der Waals surface area contributed by atoms with E-state index in [2.05, 4.69) is 20.8 Å². The molecule has 0 saturated carbocycles. The SMILES string of the molecule is Cc1cccc(S(=O)(=O)N2C[C@H](Cn3ccc4nc(-c5cn[nH]c5)ccc43)C[C@@H]2C)c1. The predicted octanol–water partition coefficient (Wildman–Crippen LogP) is 3.83. The fraction of sp³-hybridized carbons (Fsp3) is 0.304. The second-order valence-electron chi connectivity index (χ2n) is 8.40. The van der Waals surface area contributed by atoms with Gasteiger partial charge < -0.3 is 4.57 Å². The Hall–Kier alpha value is -2.97. The van der Waals surface area contributed by atoms with Gasteiger partial charge in [-0.05, 0) is 62.1 Å². The zero-order valence-electron chi connectivity index (χ0n) is 17.6. The monoisotopic (exact) mass is 435 g/mol. The van der Waals surface area contributed by atoms with Crippen molar-refractivity contribution in [3.05, 3.63) is 66.6 Å². The van der Waals surface area contributed by atoms with Gasteiger partial charge >= 0.3 is 0 Å². The minimum Gasteiger partial charge on any atom is -0.346 e. The number of nitrogens with zero attached hydrogens (tertiary/aromatic N) is 4. The number of H-pyrrole nitrogens is 1. The van der Waals surface area contributed by atoms with Crippen molar-refractivity contribution in [2.24, 2.45) is 5.92 Å². The molecule has 1 N–H and O–H groups in total. The Kier molecular flexibility index (Phi) is 4.91. The first kappa shape index (κ1) is 20.0. The van der Waals surface area contributed by atoms with Crippen LogP contribution in [0.15, 0.2) is 66.0 Å². The lowest BCUT2D eigenvalue weighted by Crippen LogP contribution is -2.34. The molecular weight excluding hydrogens is 410 g/mol. The van der Waals surface area contributed by atoms with E-state index < -0.39 is 10.0 Å². The average Bonchev–Trinajstić information content (AvgIpc) is 3.49. The minimum absolute atomic E-state index is 0.0249. The summed E-state index contributed by atoms with van der Waals surface area (Å²) in [6.07, 6.45) is 6.47. The summed E-state index contributed by atoms with van der Waals surface area (Å²) in [4.78, 5) is 5.12. The first-order valence-electron chi connectivity index (χ1n) is 10.5. The Balaban J connectivity index is 1.36. The normalized spacial score (nSPS) is 19.9. The number of nitrogens with one attached hydrogen (secondary N) is 1. The van der Waals surface area contributed by atoms with Crippen molar-refractivity contribution >= 4 is 21.1 Å². The van der Waals surface area contributed by atoms with Crippen LogP contribution < -0.4 is 0 Å². The van der Waals surface area contributed by atoms with Crippen molar-refractivity contribution in [1.82, 2.24) is 24.1 Å². The van der Waals surface area contributed by atoms with Crippen LogP contribution in [0.2, 0.25) is 0 Å². The number of hydrogen-bond donors (Lipinski definition) is 1. The summed E-state index contributed by atoms with van der Waals surface area (Å²) < 4.78 is 30.3. The van der Waals surface area contributed by atoms with Gasteiger partial charge in [-0.3, -0.25) is 5.10 Å². The highest BCUT2D eigenvalue weighted by Gasteiger charge is 2.38. The summed E-state index contributed by atoms with van der Waals surface area (Å²) in [7, 11) is -3.49. The molecule has 0 bridgehead atoms. The number of aromatic amines is 1. The van der Waals surface area contributed by atoms with Crippen molar-refractivity contribution in [3.63, 3.8) is 0 Å². The third-order valence-corrected chi connectivity index (χ3v) is 8.05. The van der Waals surface area contributed by atoms with E-state index in [1.807, 2.05) is 44.4 Å². The molecule has 5 rings (SSSR count). The molecule has 160 valence electrons. The van der Waals surface area contributed by atoms with Gasteiger partial charge in [0.05, 0.1) is 27.8 Å². The second-order valence-corrected chi connectivity index (χ2v) is 10.3. The smallest absolute Gasteiger partial charge is 0.243 e. The quantitative estimate of drug-likeness (QED) is 0.516. The molecule has 8 heteroatoms. The number of sulfonamides is 1. The van der Waals surface area contributed by atoms with Crippen LogP contribution in [0.3, 0.4) is 0 Å². The van der Waals surface area contributed by atoms with Crippen LogP contribution in [0.1, 0.15) is 18.9 Å². The van der Waals surface area contributed by atoms with Crippen LogP contribution >= 0.6 is 0 Å². The molecule has 2 atom stereocenters. The molecule has 0 radical (unpaired) electrons. The van der Waals surface area contributed by atoms with Crippen LogP contribution in [0.5, 0.6) is 0 Å². The maximum Gasteiger partial charge on any atom is 0.243 e. The summed E-state index contributed by atoms with van der Waals surface area (Å²) in [6.45, 7) is 5.20. The van der Waals surface area contributed by atoms with Gasteiger partial charge in [0.15, 0.2) is 0 Å². The van der Waals surface area contributed by atoms with Crippen molar-refractivity contribution in [2.45, 2.75) is 37.8 Å². The first-order chi connectivity index (χ1) is 14.9. The Bertz CT molecular complexity index is 1330. The molecule has 3 aromatic heterocycles. The van der Waals surface area contributed by atoms with Crippen LogP contribution in [-0.4, -0.2) is 45.1 Å². The highest BCUT2D eigenvalue weighted by atomic mass is 32.2. The first-order valence-corrected chi connectivity index (χ1v) is 11.9. The third kappa shape index (κ3) is 3.66. The molecule has 1 aromatic carbocycles. The molecule has 4 heterocycles. The van der Waals surface area contributed by atoms with E-state index in [-0.39, 0.29) is 12.0 Å². The molecular formula is C23H25N5O2S. The van der Waals surface area contributed by atoms with Crippen molar-refractivity contribution in [3.8, 4) is 11.3 Å². The maximum absolute atomic E-state index is 13.2. The molecule has 0 aliphatic carbocycles. The summed E-state index contributed by atoms with van der Waals surface area (Å²) in [5.74, 6) is 0.249. The van der Waals surface area contributed by atoms with Gasteiger partial charge in [-0.25, -0.2) is 13.4 Å². The Morgan fingerprint density at radius 3 is 2.84 bits per heavy atom. The number of pyridine rings is 1. The molecule has 7 nitrogen and oxygen atoms in total. The zero-order valence-corrected chi connectivity index (χ0v) is 18.4. The summed E-state index contributed by atoms with van der Waals surface area (Å²) in [6, 6.07) is 13.2. The van der Waals surface area contributed by atoms with Crippen LogP contribution in [0.4, 0.5) is 0 Å². The van der Waals surface area contributed by atoms with E-state index in [1.165, 1.54) is 0 Å². The van der Waals surface area contributed by atoms with Gasteiger partial charge in [0.2, 0.25) is 10.0 Å². The highest BCUT2D eigenvalue weighted by Crippen LogP contribution is 2.31. The number of fused-ring (bicyclic) bond motifs is 1. The Morgan fingerprint density at radius 1 is 1.19 bits per heavy atom. The minimum atomic E-state index is -3.49. The molecule has 0 unspecified atom stereocenters. The molecule has 4 aromatic rings. The summed E-state index contributed by atoms with van der Waals surface area (Å²) >= 11 is 0. The molecule has 1 aliphatic rings. The molecule has 31 heavy (non-hydrogen) atoms. The van der Waals surface area contributed by atoms with Gasteiger partial charge in [0, 0.05) is 37.1 Å². The topological polar surface area (TPSA) is 83.9 Å². The lowest BCUT2D eigenvalue weighted by atomic mass is 10.1. The molecule has 1 saturated heterocycles. The molecule has 1 aliphatic heterocycles. The van der Waals surface area contributed by atoms with Crippen molar-refractivity contribution in [2.75, 3.05) is 6.54 Å². The van der Waals surface area contributed by atoms with Crippen LogP contribution in [-0.2, 0) is 16.6 Å². The van der Waals surface area contributed by atoms with Gasteiger partial charge in [-0.15, -0.1) is 0 Å². The molecule has 0 amide bonds. The van der Waals surface area contributed by atoms with Crippen LogP contribution in [0.25, 0.3) is 22.3 Å². The van der Waals surface area contributed by atoms with E-state index in [4.69, 9.17) is 4.98 Å². The van der Waals surface area contributed by atoms with Gasteiger partial charge in [0.1, 0.15) is 0 Å². The standard InChI is InChI=1S/C23H25N5O2S/c1-16-4-3-5-20(10-16)31(29,30)28-15-18(11-17(28)2)14-27-9-8-22-23(27)7-6-21(26-22)19-12-24-25-13-19/h3-10,12-13,17-18H,11,14-15H2,1-2H3,(H,24,25)/t17-,18-/m0/s1. The second kappa shape index (κ2) is 7.62. The average molecular weight is 436 g/mol. The van der Waals surface area contributed by atoms with E-state index in [0.29, 0.717) is 11.4 Å². The van der Waals surface area contributed by atoms with E-state index in [1.54, 1.807) is 28.7 Å². The number of rotatable bonds is 5. The highest BCUT2D eigenvalue weighted by molar-refractivity contribution is 7.89. The molecule has 1 fully saturated rings. The largest absolute Gasteiger partial charge is 0.346 e. The van der Waals surface area contributed by atoms with Crippen molar-refractivity contribution < 1.29 is 8.42 Å². The fourth-order valence-corrected chi connectivity index (χ4v) is 6.37. The lowest BCUT2D eigenvalue weighted by molar-refractivity contribution is 0.399. The van der Waals surface area contributed by atoms with E-state index in [9.17, 15) is 8.42 Å². The zero-order chi connectivity index (χ0) is 21.6. The van der Waals surface area contributed by atoms with E-state index >= 15 is 0 Å². The summed E-state index contributed by atoms with van der Waals surface area (Å²) in [5.41, 5.74) is 4.76. The number of aromatic nitrogens is 4. The van der Waals surface area contributed by atoms with E-state index in [0.717, 1.165) is 40.8 Å². The fourth-order valence-electron chi connectivity index (χ4n) is 4.55. The van der Waals surface area contributed by atoms with Gasteiger partial charge in [-0.1, -0.05) is 12.1 Å². The lowest BCUT2D eigenvalue weighted by Gasteiger charge is -2.21. The third-order valence-electron chi connectivity index (χ3n) is 6.07. The Morgan fingerprint density at radius 2 is 2.06 bits per heavy atom. The van der Waals surface area contributed by atoms with Crippen molar-refractivity contribution in [1.29, 1.82) is 0 Å². The number of hydrogen-bond acceptors (Lipinski definition) is 4. The number of benzene rings is 1. The summed E-state index contributed by atoms with van der Waals surface area (Å²) in [5, 5.41) is 6.80. The number of aryl methyl sites for hydroxylation is 1. The maximum atomic E-state index is 13.2. The Labute approximate surface area is 181 Å². The predicted molar refractivity (Wildman–Crippen MR) is 120 cm³/mol. The van der Waals surface area contributed by atoms with Gasteiger partial charge in [-0.2, -0.15) is 9.40 Å². The molecule has 0 spiro atoms.